The zero-order chi connectivity index (χ0) is 16.0. The number of hydrogen-bond donors (Lipinski definition) is 2. The van der Waals surface area contributed by atoms with Gasteiger partial charge in [0.25, 0.3) is 5.69 Å². The second-order valence-electron chi connectivity index (χ2n) is 5.26. The van der Waals surface area contributed by atoms with Gasteiger partial charge in [0.15, 0.2) is 0 Å². The summed E-state index contributed by atoms with van der Waals surface area (Å²) < 4.78 is 0. The summed E-state index contributed by atoms with van der Waals surface area (Å²) in [7, 11) is 0. The maximum Gasteiger partial charge on any atom is 0.329 e. The number of nitrogens with one attached hydrogen (secondary N) is 2. The van der Waals surface area contributed by atoms with Gasteiger partial charge in [-0.15, -0.1) is 0 Å². The lowest BCUT2D eigenvalue weighted by Crippen LogP contribution is -2.47. The number of nitro groups is 1. The zero-order valence-corrected chi connectivity index (χ0v) is 11.9. The molecule has 1 rings (SSSR count). The molecule has 8 heteroatoms. The third-order valence-electron chi connectivity index (χ3n) is 2.16. The van der Waals surface area contributed by atoms with Crippen molar-refractivity contribution in [2.45, 2.75) is 26.3 Å². The number of rotatable bonds is 3. The minimum Gasteiger partial charge on any atom is -0.343 e. The number of carbonyl (C=O) groups excluding carboxylic acids is 2. The lowest BCUT2D eigenvalue weighted by molar-refractivity contribution is -0.384. The van der Waals surface area contributed by atoms with E-state index >= 15 is 0 Å². The van der Waals surface area contributed by atoms with Gasteiger partial charge in [0.1, 0.15) is 0 Å². The molecule has 0 heterocycles. The van der Waals surface area contributed by atoms with Crippen LogP contribution in [0.1, 0.15) is 26.3 Å². The summed E-state index contributed by atoms with van der Waals surface area (Å²) in [6, 6.07) is 5.71. The Balaban J connectivity index is 2.62. The highest BCUT2D eigenvalue weighted by atomic mass is 16.6. The van der Waals surface area contributed by atoms with Crippen molar-refractivity contribution >= 4 is 23.7 Å². The summed E-state index contributed by atoms with van der Waals surface area (Å²) in [4.78, 5) is 33.0. The molecule has 0 aromatic heterocycles. The van der Waals surface area contributed by atoms with Crippen LogP contribution in [-0.4, -0.2) is 28.5 Å². The molecule has 0 fully saturated rings. The summed E-state index contributed by atoms with van der Waals surface area (Å²) >= 11 is 0. The quantitative estimate of drug-likeness (QED) is 0.374. The van der Waals surface area contributed by atoms with E-state index in [-0.39, 0.29) is 5.69 Å². The highest BCUT2D eigenvalue weighted by Crippen LogP contribution is 2.11. The predicted molar refractivity (Wildman–Crippen MR) is 76.7 cm³/mol. The fourth-order valence-corrected chi connectivity index (χ4v) is 1.33. The van der Waals surface area contributed by atoms with E-state index in [9.17, 15) is 19.7 Å². The first-order valence-electron chi connectivity index (χ1n) is 6.09. The number of amides is 2. The van der Waals surface area contributed by atoms with E-state index in [2.05, 4.69) is 15.8 Å². The van der Waals surface area contributed by atoms with Gasteiger partial charge >= 0.3 is 11.8 Å². The molecule has 0 saturated carbocycles. The maximum atomic E-state index is 11.5. The number of benzene rings is 1. The molecule has 0 atom stereocenters. The molecule has 0 radical (unpaired) electrons. The normalized spacial score (nSPS) is 11.2. The van der Waals surface area contributed by atoms with Gasteiger partial charge in [-0.2, -0.15) is 5.10 Å². The fraction of sp³-hybridized carbons (Fsp3) is 0.308. The van der Waals surface area contributed by atoms with Crippen LogP contribution in [0, 0.1) is 10.1 Å². The Kier molecular flexibility index (Phi) is 5.12. The summed E-state index contributed by atoms with van der Waals surface area (Å²) in [5.74, 6) is -1.72. The predicted octanol–water partition coefficient (Wildman–Crippen LogP) is 0.960. The summed E-state index contributed by atoms with van der Waals surface area (Å²) in [5.41, 5.74) is 1.87. The molecule has 0 spiro atoms. The monoisotopic (exact) mass is 292 g/mol. The third kappa shape index (κ3) is 5.81. The lowest BCUT2D eigenvalue weighted by Gasteiger charge is -2.19. The van der Waals surface area contributed by atoms with Crippen molar-refractivity contribution in [2.75, 3.05) is 0 Å². The van der Waals surface area contributed by atoms with Gasteiger partial charge in [-0.05, 0) is 20.8 Å². The lowest BCUT2D eigenvalue weighted by atomic mass is 10.1. The smallest absolute Gasteiger partial charge is 0.329 e. The van der Waals surface area contributed by atoms with E-state index in [1.807, 2.05) is 0 Å². The van der Waals surface area contributed by atoms with Crippen molar-refractivity contribution in [3.63, 3.8) is 0 Å². The topological polar surface area (TPSA) is 114 Å². The minimum absolute atomic E-state index is 0.0873. The summed E-state index contributed by atoms with van der Waals surface area (Å²) in [6.45, 7) is 5.22. The molecule has 2 amide bonds. The van der Waals surface area contributed by atoms with Gasteiger partial charge < -0.3 is 5.32 Å². The van der Waals surface area contributed by atoms with E-state index in [1.165, 1.54) is 24.4 Å². The van der Waals surface area contributed by atoms with E-state index in [0.29, 0.717) is 5.56 Å². The molecule has 0 aliphatic heterocycles. The molecule has 0 unspecified atom stereocenters. The van der Waals surface area contributed by atoms with Gasteiger partial charge in [-0.1, -0.05) is 12.1 Å². The number of hydrogen-bond acceptors (Lipinski definition) is 5. The molecule has 21 heavy (non-hydrogen) atoms. The molecule has 8 nitrogen and oxygen atoms in total. The molecule has 0 aliphatic carbocycles. The highest BCUT2D eigenvalue weighted by Gasteiger charge is 2.19. The summed E-state index contributed by atoms with van der Waals surface area (Å²) in [6.07, 6.45) is 1.22. The van der Waals surface area contributed by atoms with Gasteiger partial charge in [-0.25, -0.2) is 5.43 Å². The van der Waals surface area contributed by atoms with Crippen molar-refractivity contribution in [3.8, 4) is 0 Å². The second-order valence-corrected chi connectivity index (χ2v) is 5.26. The molecule has 0 aliphatic rings. The van der Waals surface area contributed by atoms with Crippen LogP contribution in [0.25, 0.3) is 0 Å². The molecule has 2 N–H and O–H groups in total. The van der Waals surface area contributed by atoms with Crippen molar-refractivity contribution in [1.29, 1.82) is 0 Å². The first-order valence-corrected chi connectivity index (χ1v) is 6.09. The van der Waals surface area contributed by atoms with Crippen LogP contribution >= 0.6 is 0 Å². The average molecular weight is 292 g/mol. The Bertz CT molecular complexity index is 590. The Morgan fingerprint density at radius 3 is 2.52 bits per heavy atom. The van der Waals surface area contributed by atoms with Gasteiger partial charge in [0.2, 0.25) is 0 Å². The third-order valence-corrected chi connectivity index (χ3v) is 2.16. The van der Waals surface area contributed by atoms with Crippen LogP contribution in [0.5, 0.6) is 0 Å². The largest absolute Gasteiger partial charge is 0.343 e. The summed E-state index contributed by atoms with van der Waals surface area (Å²) in [5, 5.41) is 16.7. The Hall–Kier alpha value is -2.77. The molecule has 0 bridgehead atoms. The van der Waals surface area contributed by atoms with Crippen molar-refractivity contribution in [2.24, 2.45) is 5.10 Å². The van der Waals surface area contributed by atoms with Crippen molar-refractivity contribution in [1.82, 2.24) is 10.7 Å². The molecule has 1 aromatic rings. The Labute approximate surface area is 121 Å². The minimum atomic E-state index is -0.911. The van der Waals surface area contributed by atoms with Crippen LogP contribution in [0.3, 0.4) is 0 Å². The SMILES string of the molecule is CC(C)(C)NC(=O)C(=O)N/N=C\c1cccc([N+](=O)[O-])c1. The van der Waals surface area contributed by atoms with Crippen LogP contribution in [-0.2, 0) is 9.59 Å². The van der Waals surface area contributed by atoms with Gasteiger partial charge in [-0.3, -0.25) is 19.7 Å². The van der Waals surface area contributed by atoms with E-state index in [4.69, 9.17) is 0 Å². The number of carbonyl (C=O) groups is 2. The Morgan fingerprint density at radius 1 is 1.29 bits per heavy atom. The number of non-ortho nitro benzene ring substituents is 1. The Morgan fingerprint density at radius 2 is 1.95 bits per heavy atom. The fourth-order valence-electron chi connectivity index (χ4n) is 1.33. The van der Waals surface area contributed by atoms with Crippen LogP contribution in [0.4, 0.5) is 5.69 Å². The molecule has 1 aromatic carbocycles. The van der Waals surface area contributed by atoms with Crippen molar-refractivity contribution < 1.29 is 14.5 Å². The van der Waals surface area contributed by atoms with Crippen LogP contribution < -0.4 is 10.7 Å². The van der Waals surface area contributed by atoms with E-state index < -0.39 is 22.3 Å². The van der Waals surface area contributed by atoms with Gasteiger partial charge in [0.05, 0.1) is 11.1 Å². The van der Waals surface area contributed by atoms with Crippen molar-refractivity contribution in [3.05, 3.63) is 39.9 Å². The number of hydrazone groups is 1. The first kappa shape index (κ1) is 16.3. The molecular formula is C13H16N4O4. The second kappa shape index (κ2) is 6.60. The van der Waals surface area contributed by atoms with Gasteiger partial charge in [0, 0.05) is 23.2 Å². The highest BCUT2D eigenvalue weighted by molar-refractivity contribution is 6.35. The van der Waals surface area contributed by atoms with E-state index in [1.54, 1.807) is 26.8 Å². The molecule has 0 saturated heterocycles. The van der Waals surface area contributed by atoms with Crippen LogP contribution in [0.2, 0.25) is 0 Å². The standard InChI is InChI=1S/C13H16N4O4/c1-13(2,3)15-11(18)12(19)16-14-8-9-5-4-6-10(7-9)17(20)21/h4-8H,1-3H3,(H,15,18)(H,16,19)/b14-8-. The number of nitrogens with zero attached hydrogens (tertiary/aromatic N) is 2. The van der Waals surface area contributed by atoms with Crippen LogP contribution in [0.15, 0.2) is 29.4 Å². The number of nitro benzene ring substituents is 1. The van der Waals surface area contributed by atoms with E-state index in [0.717, 1.165) is 0 Å². The zero-order valence-electron chi connectivity index (χ0n) is 11.9. The molecular weight excluding hydrogens is 276 g/mol. The average Bonchev–Trinajstić information content (AvgIpc) is 2.37. The first-order chi connectivity index (χ1) is 9.69. The molecule has 112 valence electrons. The maximum absolute atomic E-state index is 11.5.